The molecule has 0 fully saturated rings. The molecule has 1 heterocycles. The van der Waals surface area contributed by atoms with Crippen LogP contribution in [0.25, 0.3) is 0 Å². The average Bonchev–Trinajstić information content (AvgIpc) is 2.02. The Morgan fingerprint density at radius 1 is 1.42 bits per heavy atom. The van der Waals surface area contributed by atoms with Crippen LogP contribution in [0.5, 0.6) is 5.75 Å². The molecule has 0 unspecified atom stereocenters. The van der Waals surface area contributed by atoms with E-state index in [0.717, 1.165) is 11.3 Å². The monoisotopic (exact) mass is 222 g/mol. The Labute approximate surface area is 81.3 Å². The van der Waals surface area contributed by atoms with Crippen LogP contribution in [0, 0.1) is 0 Å². The van der Waals surface area contributed by atoms with Gasteiger partial charge in [-0.25, -0.2) is 0 Å². The standard InChI is InChI=1S/C7H8ClO2PS/c8-11(12)9-5-6-3-1-2-4-7(6)10-11/h1-4,11-12H,5H2. The Bertz CT molecular complexity index is 305. The van der Waals surface area contributed by atoms with Crippen LogP contribution in [-0.2, 0) is 11.1 Å². The molecule has 0 N–H and O–H groups in total. The number of thiol groups is 1. The third-order valence-corrected chi connectivity index (χ3v) is 3.81. The first kappa shape index (κ1) is 8.64. The summed E-state index contributed by atoms with van der Waals surface area (Å²) in [5, 5.41) is 0. The van der Waals surface area contributed by atoms with Crippen LogP contribution in [-0.4, -0.2) is 0 Å². The van der Waals surface area contributed by atoms with Gasteiger partial charge in [0.2, 0.25) is 0 Å². The zero-order chi connectivity index (χ0) is 8.60. The van der Waals surface area contributed by atoms with Gasteiger partial charge >= 0.3 is 81.0 Å². The van der Waals surface area contributed by atoms with Crippen molar-refractivity contribution in [2.24, 2.45) is 0 Å². The van der Waals surface area contributed by atoms with E-state index in [-0.39, 0.29) is 0 Å². The molecule has 1 aromatic carbocycles. The third-order valence-electron chi connectivity index (χ3n) is 1.61. The molecule has 0 amide bonds. The van der Waals surface area contributed by atoms with Gasteiger partial charge in [-0.05, 0) is 0 Å². The van der Waals surface area contributed by atoms with Crippen LogP contribution in [0.4, 0.5) is 0 Å². The number of hydrogen-bond acceptors (Lipinski definition) is 3. The molecule has 0 spiro atoms. The van der Waals surface area contributed by atoms with Crippen molar-refractivity contribution in [1.29, 1.82) is 0 Å². The molecule has 1 aliphatic heterocycles. The van der Waals surface area contributed by atoms with E-state index < -0.39 is 6.27 Å². The zero-order valence-electron chi connectivity index (χ0n) is 6.16. The number of para-hydroxylation sites is 1. The molecule has 0 aromatic heterocycles. The molecule has 66 valence electrons. The van der Waals surface area contributed by atoms with Crippen molar-refractivity contribution in [3.05, 3.63) is 29.8 Å². The second-order valence-electron chi connectivity index (χ2n) is 2.50. The summed E-state index contributed by atoms with van der Waals surface area (Å²) < 4.78 is 10.6. The van der Waals surface area contributed by atoms with E-state index in [1.165, 1.54) is 0 Å². The molecule has 0 bridgehead atoms. The first-order chi connectivity index (χ1) is 5.67. The van der Waals surface area contributed by atoms with Crippen molar-refractivity contribution in [3.8, 4) is 5.75 Å². The summed E-state index contributed by atoms with van der Waals surface area (Å²) in [4.78, 5) is 0. The summed E-state index contributed by atoms with van der Waals surface area (Å²) in [7, 11) is 0. The van der Waals surface area contributed by atoms with E-state index in [0.29, 0.717) is 6.61 Å². The van der Waals surface area contributed by atoms with Crippen molar-refractivity contribution >= 4 is 29.8 Å². The van der Waals surface area contributed by atoms with Crippen LogP contribution in [0.2, 0.25) is 0 Å². The van der Waals surface area contributed by atoms with E-state index in [1.54, 1.807) is 0 Å². The molecular weight excluding hydrogens is 215 g/mol. The van der Waals surface area contributed by atoms with Gasteiger partial charge in [0.25, 0.3) is 0 Å². The fourth-order valence-corrected chi connectivity index (χ4v) is 2.82. The summed E-state index contributed by atoms with van der Waals surface area (Å²) >= 11 is 9.96. The van der Waals surface area contributed by atoms with Crippen LogP contribution in [0.15, 0.2) is 24.3 Å². The Balaban J connectivity index is 2.35. The summed E-state index contributed by atoms with van der Waals surface area (Å²) in [6.07, 6.45) is -2.68. The number of benzene rings is 1. The van der Waals surface area contributed by atoms with E-state index in [4.69, 9.17) is 20.3 Å². The third kappa shape index (κ3) is 1.69. The van der Waals surface area contributed by atoms with Crippen molar-refractivity contribution in [2.45, 2.75) is 6.61 Å². The van der Waals surface area contributed by atoms with E-state index in [2.05, 4.69) is 12.2 Å². The number of halogens is 1. The van der Waals surface area contributed by atoms with Gasteiger partial charge in [-0.1, -0.05) is 0 Å². The Kier molecular flexibility index (Phi) is 2.21. The molecule has 12 heavy (non-hydrogen) atoms. The van der Waals surface area contributed by atoms with Crippen LogP contribution < -0.4 is 4.52 Å². The molecule has 5 heteroatoms. The van der Waals surface area contributed by atoms with Gasteiger partial charge in [0.1, 0.15) is 0 Å². The fourth-order valence-electron chi connectivity index (χ4n) is 1.05. The normalized spacial score (nSPS) is 22.2. The maximum absolute atomic E-state index is 5.86. The Morgan fingerprint density at radius 3 is 3.00 bits per heavy atom. The number of hydrogen-bond donors (Lipinski definition) is 1. The molecular formula is C7H8ClO2PS. The van der Waals surface area contributed by atoms with Gasteiger partial charge in [0.15, 0.2) is 0 Å². The Morgan fingerprint density at radius 2 is 2.17 bits per heavy atom. The summed E-state index contributed by atoms with van der Waals surface area (Å²) in [6.45, 7) is 0.495. The van der Waals surface area contributed by atoms with Gasteiger partial charge in [-0.3, -0.25) is 0 Å². The second-order valence-corrected chi connectivity index (χ2v) is 8.06. The van der Waals surface area contributed by atoms with E-state index in [9.17, 15) is 0 Å². The SMILES string of the molecule is S[PH]1(Cl)OCc2ccccc2O1. The fraction of sp³-hybridized carbons (Fsp3) is 0.143. The first-order valence-electron chi connectivity index (χ1n) is 3.49. The quantitative estimate of drug-likeness (QED) is 0.537. The molecule has 2 nitrogen and oxygen atoms in total. The van der Waals surface area contributed by atoms with Crippen molar-refractivity contribution in [3.63, 3.8) is 0 Å². The van der Waals surface area contributed by atoms with Gasteiger partial charge in [0, 0.05) is 0 Å². The molecule has 2 rings (SSSR count). The van der Waals surface area contributed by atoms with Gasteiger partial charge < -0.3 is 0 Å². The first-order valence-corrected chi connectivity index (χ1v) is 7.61. The molecule has 1 aromatic rings. The Hall–Kier alpha value is 0.0500. The summed E-state index contributed by atoms with van der Waals surface area (Å²) in [6, 6.07) is 7.66. The van der Waals surface area contributed by atoms with Crippen molar-refractivity contribution < 1.29 is 9.05 Å². The van der Waals surface area contributed by atoms with Crippen molar-refractivity contribution in [2.75, 3.05) is 0 Å². The van der Waals surface area contributed by atoms with Crippen LogP contribution in [0.1, 0.15) is 5.56 Å². The van der Waals surface area contributed by atoms with E-state index in [1.807, 2.05) is 24.3 Å². The number of fused-ring (bicyclic) bond motifs is 1. The number of rotatable bonds is 0. The molecule has 0 radical (unpaired) electrons. The topological polar surface area (TPSA) is 18.5 Å². The summed E-state index contributed by atoms with van der Waals surface area (Å²) in [5.74, 6) is 0.792. The van der Waals surface area contributed by atoms with Gasteiger partial charge in [-0.2, -0.15) is 0 Å². The van der Waals surface area contributed by atoms with Gasteiger partial charge in [-0.15, -0.1) is 0 Å². The molecule has 0 saturated heterocycles. The van der Waals surface area contributed by atoms with E-state index >= 15 is 0 Å². The summed E-state index contributed by atoms with van der Waals surface area (Å²) in [5.41, 5.74) is 1.02. The second kappa shape index (κ2) is 3.08. The molecule has 0 saturated carbocycles. The van der Waals surface area contributed by atoms with Crippen LogP contribution >= 0.6 is 29.8 Å². The predicted octanol–water partition coefficient (Wildman–Crippen LogP) is 3.17. The molecule has 1 aliphatic rings. The maximum atomic E-state index is 5.86. The van der Waals surface area contributed by atoms with Gasteiger partial charge in [0.05, 0.1) is 0 Å². The van der Waals surface area contributed by atoms with Crippen LogP contribution in [0.3, 0.4) is 0 Å². The molecule has 0 aliphatic carbocycles. The van der Waals surface area contributed by atoms with Crippen molar-refractivity contribution in [1.82, 2.24) is 0 Å². The predicted molar refractivity (Wildman–Crippen MR) is 55.0 cm³/mol. The molecule has 0 atom stereocenters. The average molecular weight is 223 g/mol. The minimum absolute atomic E-state index is 0.495. The minimum atomic E-state index is -2.68. The zero-order valence-corrected chi connectivity index (χ0v) is 8.81.